The summed E-state index contributed by atoms with van der Waals surface area (Å²) in [6, 6.07) is 9.77. The van der Waals surface area contributed by atoms with Gasteiger partial charge in [-0.3, -0.25) is 19.0 Å². The zero-order valence-electron chi connectivity index (χ0n) is 20.3. The van der Waals surface area contributed by atoms with Crippen LogP contribution in [0.4, 0.5) is 0 Å². The van der Waals surface area contributed by atoms with E-state index in [1.165, 1.54) is 16.3 Å². The highest BCUT2D eigenvalue weighted by atomic mass is 32.2. The molecule has 1 amide bonds. The molecule has 0 saturated carbocycles. The van der Waals surface area contributed by atoms with E-state index in [1.807, 2.05) is 37.3 Å². The molecule has 1 aromatic heterocycles. The smallest absolute Gasteiger partial charge is 0.309 e. The van der Waals surface area contributed by atoms with E-state index >= 15 is 0 Å². The van der Waals surface area contributed by atoms with Crippen LogP contribution in [0.1, 0.15) is 43.5 Å². The summed E-state index contributed by atoms with van der Waals surface area (Å²) < 4.78 is 11.9. The molecule has 9 heteroatoms. The first-order valence-electron chi connectivity index (χ1n) is 11.6. The van der Waals surface area contributed by atoms with Gasteiger partial charge in [0.1, 0.15) is 0 Å². The third-order valence-corrected chi connectivity index (χ3v) is 7.12. The van der Waals surface area contributed by atoms with Crippen molar-refractivity contribution in [3.63, 3.8) is 0 Å². The van der Waals surface area contributed by atoms with Gasteiger partial charge >= 0.3 is 5.97 Å². The van der Waals surface area contributed by atoms with Crippen molar-refractivity contribution < 1.29 is 19.1 Å². The highest BCUT2D eigenvalue weighted by molar-refractivity contribution is 8.00. The van der Waals surface area contributed by atoms with Crippen LogP contribution in [0.5, 0.6) is 0 Å². The fourth-order valence-corrected chi connectivity index (χ4v) is 5.04. The first-order valence-corrected chi connectivity index (χ1v) is 12.5. The van der Waals surface area contributed by atoms with E-state index in [1.54, 1.807) is 26.0 Å². The Morgan fingerprint density at radius 3 is 2.50 bits per heavy atom. The fraction of sp³-hybridized carbons (Fsp3) is 0.520. The number of carbonyl (C=O) groups excluding carboxylic acids is 2. The Bertz CT molecular complexity index is 1050. The molecule has 2 heterocycles. The molecule has 0 N–H and O–H groups in total. The van der Waals surface area contributed by atoms with Crippen LogP contribution in [0.2, 0.25) is 0 Å². The minimum absolute atomic E-state index is 0.0248. The Hall–Kier alpha value is -2.65. The van der Waals surface area contributed by atoms with Gasteiger partial charge in [0.25, 0.3) is 5.56 Å². The minimum atomic E-state index is -0.424. The van der Waals surface area contributed by atoms with Gasteiger partial charge in [-0.1, -0.05) is 42.1 Å². The highest BCUT2D eigenvalue weighted by Crippen LogP contribution is 2.26. The van der Waals surface area contributed by atoms with Crippen molar-refractivity contribution in [2.75, 3.05) is 26.8 Å². The number of amides is 1. The molecule has 1 aliphatic rings. The summed E-state index contributed by atoms with van der Waals surface area (Å²) in [6.07, 6.45) is 1.67. The predicted octanol–water partition coefficient (Wildman–Crippen LogP) is 2.80. The molecule has 1 atom stereocenters. The summed E-state index contributed by atoms with van der Waals surface area (Å²) in [7, 11) is 3.26. The lowest BCUT2D eigenvalue weighted by molar-refractivity contribution is -0.151. The van der Waals surface area contributed by atoms with Crippen molar-refractivity contribution in [3.8, 4) is 0 Å². The van der Waals surface area contributed by atoms with Gasteiger partial charge in [0, 0.05) is 39.2 Å². The van der Waals surface area contributed by atoms with Gasteiger partial charge in [-0.05, 0) is 32.3 Å². The minimum Gasteiger partial charge on any atom is -0.466 e. The number of hydrogen-bond acceptors (Lipinski definition) is 7. The number of hydrogen-bond donors (Lipinski definition) is 0. The number of rotatable bonds is 9. The molecule has 34 heavy (non-hydrogen) atoms. The summed E-state index contributed by atoms with van der Waals surface area (Å²) in [5.74, 6) is -0.357. The zero-order valence-corrected chi connectivity index (χ0v) is 21.1. The number of aromatic nitrogens is 2. The third-order valence-electron chi connectivity index (χ3n) is 5.99. The lowest BCUT2D eigenvalue weighted by Gasteiger charge is -2.32. The van der Waals surface area contributed by atoms with E-state index in [4.69, 9.17) is 14.5 Å². The van der Waals surface area contributed by atoms with E-state index in [2.05, 4.69) is 0 Å². The summed E-state index contributed by atoms with van der Waals surface area (Å²) in [5.41, 5.74) is 2.07. The van der Waals surface area contributed by atoms with Crippen LogP contribution in [0.25, 0.3) is 0 Å². The van der Waals surface area contributed by atoms with Crippen molar-refractivity contribution in [1.29, 1.82) is 0 Å². The van der Waals surface area contributed by atoms with Crippen molar-refractivity contribution >= 4 is 23.6 Å². The molecule has 1 fully saturated rings. The van der Waals surface area contributed by atoms with Crippen LogP contribution < -0.4 is 5.56 Å². The Labute approximate surface area is 204 Å². The summed E-state index contributed by atoms with van der Waals surface area (Å²) in [6.45, 7) is 5.24. The van der Waals surface area contributed by atoms with Crippen LogP contribution in [0, 0.1) is 5.92 Å². The fourth-order valence-electron chi connectivity index (χ4n) is 4.07. The molecular weight excluding hydrogens is 454 g/mol. The molecule has 1 unspecified atom stereocenters. The molecule has 2 aromatic rings. The second-order valence-corrected chi connectivity index (χ2v) is 9.70. The highest BCUT2D eigenvalue weighted by Gasteiger charge is 2.31. The molecule has 0 aliphatic carbocycles. The van der Waals surface area contributed by atoms with Crippen molar-refractivity contribution in [1.82, 2.24) is 14.5 Å². The number of nitrogens with zero attached hydrogens (tertiary/aromatic N) is 3. The average molecular weight is 488 g/mol. The lowest BCUT2D eigenvalue weighted by atomic mass is 9.97. The van der Waals surface area contributed by atoms with Crippen LogP contribution in [0.3, 0.4) is 0 Å². The van der Waals surface area contributed by atoms with Crippen LogP contribution in [-0.2, 0) is 39.1 Å². The largest absolute Gasteiger partial charge is 0.466 e. The molecule has 1 aliphatic heterocycles. The lowest BCUT2D eigenvalue weighted by Crippen LogP contribution is -2.43. The normalized spacial score (nSPS) is 15.2. The van der Waals surface area contributed by atoms with E-state index in [0.717, 1.165) is 5.56 Å². The Morgan fingerprint density at radius 2 is 1.88 bits per heavy atom. The summed E-state index contributed by atoms with van der Waals surface area (Å²) in [4.78, 5) is 44.7. The third kappa shape index (κ3) is 6.27. The SMILES string of the molecule is CCOC(=O)C1CCN(C(=O)C(C)Sc2nc(COC)c(Cc3ccccc3)c(=O)n2C)CC1. The molecule has 1 saturated heterocycles. The first kappa shape index (κ1) is 26.0. The number of likely N-dealkylation sites (tertiary alicyclic amines) is 1. The van der Waals surface area contributed by atoms with E-state index in [9.17, 15) is 14.4 Å². The van der Waals surface area contributed by atoms with Crippen LogP contribution >= 0.6 is 11.8 Å². The molecule has 0 radical (unpaired) electrons. The Morgan fingerprint density at radius 1 is 1.21 bits per heavy atom. The maximum Gasteiger partial charge on any atom is 0.309 e. The van der Waals surface area contributed by atoms with Gasteiger partial charge in [-0.2, -0.15) is 0 Å². The van der Waals surface area contributed by atoms with Gasteiger partial charge < -0.3 is 14.4 Å². The van der Waals surface area contributed by atoms with Crippen molar-refractivity contribution in [3.05, 3.63) is 57.5 Å². The molecule has 184 valence electrons. The van der Waals surface area contributed by atoms with Gasteiger partial charge in [0.2, 0.25) is 5.91 Å². The van der Waals surface area contributed by atoms with Gasteiger partial charge in [0.05, 0.1) is 30.1 Å². The predicted molar refractivity (Wildman–Crippen MR) is 131 cm³/mol. The summed E-state index contributed by atoms with van der Waals surface area (Å²) in [5, 5.41) is 0.0590. The molecule has 8 nitrogen and oxygen atoms in total. The first-order chi connectivity index (χ1) is 16.3. The molecular formula is C25H33N3O5S. The van der Waals surface area contributed by atoms with Crippen LogP contribution in [0.15, 0.2) is 40.3 Å². The maximum absolute atomic E-state index is 13.2. The molecule has 3 rings (SSSR count). The molecule has 0 bridgehead atoms. The number of methoxy groups -OCH3 is 1. The number of thioether (sulfide) groups is 1. The quantitative estimate of drug-likeness (QED) is 0.305. The average Bonchev–Trinajstić information content (AvgIpc) is 2.85. The van der Waals surface area contributed by atoms with Gasteiger partial charge in [-0.15, -0.1) is 0 Å². The second kappa shape index (κ2) is 12.2. The molecule has 1 aromatic carbocycles. The van der Waals surface area contributed by atoms with Gasteiger partial charge in [-0.25, -0.2) is 4.98 Å². The number of piperidine rings is 1. The Kier molecular flexibility index (Phi) is 9.29. The van der Waals surface area contributed by atoms with Gasteiger partial charge in [0.15, 0.2) is 5.16 Å². The number of benzene rings is 1. The van der Waals surface area contributed by atoms with Crippen molar-refractivity contribution in [2.45, 2.75) is 50.1 Å². The number of esters is 1. The maximum atomic E-state index is 13.2. The van der Waals surface area contributed by atoms with E-state index in [-0.39, 0.29) is 30.0 Å². The number of ether oxygens (including phenoxy) is 2. The topological polar surface area (TPSA) is 90.7 Å². The summed E-state index contributed by atoms with van der Waals surface area (Å²) >= 11 is 1.27. The zero-order chi connectivity index (χ0) is 24.7. The van der Waals surface area contributed by atoms with Crippen molar-refractivity contribution in [2.24, 2.45) is 13.0 Å². The molecule has 0 spiro atoms. The van der Waals surface area contributed by atoms with E-state index in [0.29, 0.717) is 55.4 Å². The second-order valence-electron chi connectivity index (χ2n) is 8.39. The number of carbonyl (C=O) groups is 2. The van der Waals surface area contributed by atoms with Crippen LogP contribution in [-0.4, -0.2) is 58.4 Å². The monoisotopic (exact) mass is 487 g/mol. The standard InChI is InChI=1S/C25H33N3O5S/c1-5-33-24(31)19-11-13-28(14-12-19)22(29)17(2)34-25-26-21(16-32-4)20(23(30)27(25)3)15-18-9-7-6-8-10-18/h6-10,17,19H,5,11-16H2,1-4H3. The Balaban J connectivity index is 1.72. The van der Waals surface area contributed by atoms with E-state index < -0.39 is 5.25 Å².